The van der Waals surface area contributed by atoms with Crippen LogP contribution in [0.25, 0.3) is 0 Å². The summed E-state index contributed by atoms with van der Waals surface area (Å²) in [5.41, 5.74) is 5.66. The Kier molecular flexibility index (Phi) is 5.12. The topological polar surface area (TPSA) is 110 Å². The van der Waals surface area contributed by atoms with E-state index in [1.54, 1.807) is 12.1 Å². The first-order valence-electron chi connectivity index (χ1n) is 6.37. The third kappa shape index (κ3) is 4.30. The smallest absolute Gasteiger partial charge is 0.299 e. The molecule has 1 fully saturated rings. The summed E-state index contributed by atoms with van der Waals surface area (Å²) in [6.45, 7) is 3.37. The zero-order valence-electron chi connectivity index (χ0n) is 11.1. The number of rotatable bonds is 6. The first-order valence-corrected chi connectivity index (χ1v) is 7.85. The Morgan fingerprint density at radius 1 is 1.35 bits per heavy atom. The maximum atomic E-state index is 11.6. The summed E-state index contributed by atoms with van der Waals surface area (Å²) >= 11 is 0. The first kappa shape index (κ1) is 15.0. The maximum Gasteiger partial charge on any atom is 0.299 e. The molecule has 2 heterocycles. The summed E-state index contributed by atoms with van der Waals surface area (Å²) in [7, 11) is -3.59. The van der Waals surface area contributed by atoms with Crippen molar-refractivity contribution < 1.29 is 13.2 Å². The van der Waals surface area contributed by atoms with Crippen molar-refractivity contribution in [3.63, 3.8) is 0 Å². The van der Waals surface area contributed by atoms with Crippen molar-refractivity contribution in [1.82, 2.24) is 9.71 Å². The van der Waals surface area contributed by atoms with Crippen LogP contribution in [-0.4, -0.2) is 52.8 Å². The monoisotopic (exact) mass is 301 g/mol. The van der Waals surface area contributed by atoms with Gasteiger partial charge in [-0.15, -0.1) is 0 Å². The number of hydrogen-bond acceptors (Lipinski definition) is 6. The lowest BCUT2D eigenvalue weighted by molar-refractivity contribution is 0.122. The van der Waals surface area contributed by atoms with Gasteiger partial charge in [0, 0.05) is 26.2 Å². The highest BCUT2D eigenvalue weighted by molar-refractivity contribution is 7.90. The fraction of sp³-hybridized carbons (Fsp3) is 0.545. The molecule has 1 aliphatic rings. The van der Waals surface area contributed by atoms with E-state index in [1.807, 2.05) is 0 Å². The number of aromatic nitrogens is 1. The first-order chi connectivity index (χ1) is 9.61. The number of ether oxygens (including phenoxy) is 1. The average Bonchev–Trinajstić information content (AvgIpc) is 2.46. The molecule has 4 N–H and O–H groups in total. The lowest BCUT2D eigenvalue weighted by Crippen LogP contribution is -2.36. The van der Waals surface area contributed by atoms with E-state index in [4.69, 9.17) is 10.5 Å². The molecule has 0 bridgehead atoms. The molecule has 0 aromatic carbocycles. The molecule has 20 heavy (non-hydrogen) atoms. The second-order valence-electron chi connectivity index (χ2n) is 4.29. The normalized spacial score (nSPS) is 16.1. The minimum Gasteiger partial charge on any atom is -0.378 e. The molecule has 0 saturated carbocycles. The van der Waals surface area contributed by atoms with E-state index in [9.17, 15) is 8.42 Å². The number of nitrogens with one attached hydrogen (secondary N) is 2. The summed E-state index contributed by atoms with van der Waals surface area (Å²) in [6, 6.07) is 3.46. The van der Waals surface area contributed by atoms with E-state index >= 15 is 0 Å². The third-order valence-electron chi connectivity index (χ3n) is 2.77. The lowest BCUT2D eigenvalue weighted by Gasteiger charge is -2.27. The summed E-state index contributed by atoms with van der Waals surface area (Å²) in [5, 5.41) is 0. The van der Waals surface area contributed by atoms with Gasteiger partial charge in [-0.3, -0.25) is 4.72 Å². The molecular weight excluding hydrogens is 282 g/mol. The Labute approximate surface area is 118 Å². The van der Waals surface area contributed by atoms with E-state index in [-0.39, 0.29) is 13.1 Å². The molecule has 0 radical (unpaired) electrons. The second kappa shape index (κ2) is 6.84. The molecular formula is C11H19N5O3S. The van der Waals surface area contributed by atoms with Crippen LogP contribution in [0.4, 0.5) is 11.5 Å². The Hall–Kier alpha value is -1.42. The van der Waals surface area contributed by atoms with Crippen LogP contribution in [0.2, 0.25) is 0 Å². The SMILES string of the molecule is NCCNS(=O)(=O)Nc1ccc(N2CCOCC2)nc1. The molecule has 1 aliphatic heterocycles. The van der Waals surface area contributed by atoms with Crippen LogP contribution in [0.15, 0.2) is 18.3 Å². The molecule has 1 aromatic rings. The van der Waals surface area contributed by atoms with Gasteiger partial charge < -0.3 is 15.4 Å². The molecule has 2 rings (SSSR count). The van der Waals surface area contributed by atoms with E-state index in [0.717, 1.165) is 18.9 Å². The number of nitrogens with zero attached hydrogens (tertiary/aromatic N) is 2. The molecule has 0 amide bonds. The van der Waals surface area contributed by atoms with Crippen LogP contribution in [0, 0.1) is 0 Å². The van der Waals surface area contributed by atoms with Gasteiger partial charge in [-0.25, -0.2) is 4.98 Å². The molecule has 1 aromatic heterocycles. The zero-order chi connectivity index (χ0) is 14.4. The van der Waals surface area contributed by atoms with E-state index in [2.05, 4.69) is 19.3 Å². The third-order valence-corrected chi connectivity index (χ3v) is 3.86. The van der Waals surface area contributed by atoms with Crippen molar-refractivity contribution >= 4 is 21.7 Å². The molecule has 112 valence electrons. The highest BCUT2D eigenvalue weighted by Gasteiger charge is 2.13. The van der Waals surface area contributed by atoms with Gasteiger partial charge in [0.1, 0.15) is 5.82 Å². The summed E-state index contributed by atoms with van der Waals surface area (Å²) in [5.74, 6) is 0.811. The Morgan fingerprint density at radius 3 is 2.70 bits per heavy atom. The van der Waals surface area contributed by atoms with E-state index in [0.29, 0.717) is 18.9 Å². The van der Waals surface area contributed by atoms with Crippen molar-refractivity contribution in [2.45, 2.75) is 0 Å². The van der Waals surface area contributed by atoms with Gasteiger partial charge in [-0.05, 0) is 12.1 Å². The van der Waals surface area contributed by atoms with Gasteiger partial charge in [0.2, 0.25) is 0 Å². The number of pyridine rings is 1. The molecule has 1 saturated heterocycles. The summed E-state index contributed by atoms with van der Waals surface area (Å²) in [6.07, 6.45) is 1.49. The highest BCUT2D eigenvalue weighted by atomic mass is 32.2. The van der Waals surface area contributed by atoms with Crippen molar-refractivity contribution in [3.8, 4) is 0 Å². The van der Waals surface area contributed by atoms with Crippen LogP contribution in [0.3, 0.4) is 0 Å². The molecule has 0 unspecified atom stereocenters. The van der Waals surface area contributed by atoms with Crippen molar-refractivity contribution in [2.24, 2.45) is 5.73 Å². The number of morpholine rings is 1. The summed E-state index contributed by atoms with van der Waals surface area (Å²) < 4.78 is 33.2. The average molecular weight is 301 g/mol. The Balaban J connectivity index is 1.97. The van der Waals surface area contributed by atoms with Crippen molar-refractivity contribution in [1.29, 1.82) is 0 Å². The van der Waals surface area contributed by atoms with Crippen molar-refractivity contribution in [3.05, 3.63) is 18.3 Å². The predicted molar refractivity (Wildman–Crippen MR) is 76.9 cm³/mol. The molecule has 0 aliphatic carbocycles. The second-order valence-corrected chi connectivity index (χ2v) is 5.79. The number of nitrogens with two attached hydrogens (primary N) is 1. The van der Waals surface area contributed by atoms with Crippen LogP contribution in [0.1, 0.15) is 0 Å². The Bertz CT molecular complexity index is 513. The van der Waals surface area contributed by atoms with E-state index < -0.39 is 10.2 Å². The standard InChI is InChI=1S/C11H19N5O3S/c12-3-4-14-20(17,18)15-10-1-2-11(13-9-10)16-5-7-19-8-6-16/h1-2,9,14-15H,3-8,12H2. The quantitative estimate of drug-likeness (QED) is 0.630. The van der Waals surface area contributed by atoms with Crippen LogP contribution >= 0.6 is 0 Å². The van der Waals surface area contributed by atoms with Crippen LogP contribution < -0.4 is 20.1 Å². The van der Waals surface area contributed by atoms with Gasteiger partial charge >= 0.3 is 0 Å². The minimum absolute atomic E-state index is 0.189. The van der Waals surface area contributed by atoms with Gasteiger partial charge in [0.25, 0.3) is 10.2 Å². The summed E-state index contributed by atoms with van der Waals surface area (Å²) in [4.78, 5) is 6.35. The fourth-order valence-corrected chi connectivity index (χ4v) is 2.70. The van der Waals surface area contributed by atoms with Gasteiger partial charge in [-0.1, -0.05) is 0 Å². The minimum atomic E-state index is -3.59. The van der Waals surface area contributed by atoms with Gasteiger partial charge in [0.15, 0.2) is 0 Å². The van der Waals surface area contributed by atoms with E-state index in [1.165, 1.54) is 6.20 Å². The Morgan fingerprint density at radius 2 is 2.10 bits per heavy atom. The zero-order valence-corrected chi connectivity index (χ0v) is 11.9. The lowest BCUT2D eigenvalue weighted by atomic mass is 10.3. The number of hydrogen-bond donors (Lipinski definition) is 3. The predicted octanol–water partition coefficient (Wildman–Crippen LogP) is -0.877. The van der Waals surface area contributed by atoms with Crippen LogP contribution in [-0.2, 0) is 14.9 Å². The molecule has 9 heteroatoms. The van der Waals surface area contributed by atoms with Gasteiger partial charge in [0.05, 0.1) is 25.1 Å². The molecule has 8 nitrogen and oxygen atoms in total. The largest absolute Gasteiger partial charge is 0.378 e. The number of anilines is 2. The molecule has 0 spiro atoms. The maximum absolute atomic E-state index is 11.6. The highest BCUT2D eigenvalue weighted by Crippen LogP contribution is 2.15. The van der Waals surface area contributed by atoms with Gasteiger partial charge in [-0.2, -0.15) is 13.1 Å². The van der Waals surface area contributed by atoms with Crippen LogP contribution in [0.5, 0.6) is 0 Å². The molecule has 0 atom stereocenters. The van der Waals surface area contributed by atoms with Crippen molar-refractivity contribution in [2.75, 3.05) is 49.0 Å². The fourth-order valence-electron chi connectivity index (χ4n) is 1.81.